The van der Waals surface area contributed by atoms with Crippen molar-refractivity contribution in [2.75, 3.05) is 6.61 Å². The Labute approximate surface area is 154 Å². The fraction of sp³-hybridized carbons (Fsp3) is 0.381. The molecule has 134 valence electrons. The lowest BCUT2D eigenvalue weighted by Gasteiger charge is -2.10. The lowest BCUT2D eigenvalue weighted by atomic mass is 10.0. The van der Waals surface area contributed by atoms with Crippen molar-refractivity contribution in [1.82, 2.24) is 0 Å². The molecule has 1 atom stereocenters. The minimum absolute atomic E-state index is 0.359. The molecule has 0 N–H and O–H groups in total. The van der Waals surface area contributed by atoms with E-state index in [4.69, 9.17) is 21.1 Å². The van der Waals surface area contributed by atoms with Crippen LogP contribution in [0.1, 0.15) is 49.0 Å². The summed E-state index contributed by atoms with van der Waals surface area (Å²) >= 11 is 6.10. The molecule has 0 bridgehead atoms. The Hall–Kier alpha value is -2.00. The van der Waals surface area contributed by atoms with Gasteiger partial charge in [0.25, 0.3) is 0 Å². The van der Waals surface area contributed by atoms with Crippen LogP contribution < -0.4 is 9.47 Å². The molecule has 0 saturated carbocycles. The molecule has 0 fully saturated rings. The molecule has 2 rings (SSSR count). The van der Waals surface area contributed by atoms with Gasteiger partial charge in [-0.1, -0.05) is 37.9 Å². The Balaban J connectivity index is 1.86. The van der Waals surface area contributed by atoms with Gasteiger partial charge < -0.3 is 9.47 Å². The number of benzene rings is 2. The number of aryl methyl sites for hydroxylation is 1. The van der Waals surface area contributed by atoms with Gasteiger partial charge in [-0.3, -0.25) is 0 Å². The predicted molar refractivity (Wildman–Crippen MR) is 102 cm³/mol. The molecule has 0 radical (unpaired) electrons. The molecule has 4 heteroatoms. The third-order valence-corrected chi connectivity index (χ3v) is 4.50. The van der Waals surface area contributed by atoms with Gasteiger partial charge in [0.1, 0.15) is 11.5 Å². The Bertz CT molecular complexity index is 695. The minimum atomic E-state index is -0.466. The molecule has 0 aliphatic rings. The SMILES string of the molecule is CCC(C)CCCOc1ccc(OC(=O)c2ccc(C)cc2Cl)cc1. The van der Waals surface area contributed by atoms with Crippen molar-refractivity contribution in [3.63, 3.8) is 0 Å². The first-order valence-electron chi connectivity index (χ1n) is 8.70. The minimum Gasteiger partial charge on any atom is -0.494 e. The van der Waals surface area contributed by atoms with Gasteiger partial charge in [-0.15, -0.1) is 0 Å². The highest BCUT2D eigenvalue weighted by molar-refractivity contribution is 6.33. The van der Waals surface area contributed by atoms with Gasteiger partial charge in [0.15, 0.2) is 0 Å². The Morgan fingerprint density at radius 1 is 1.12 bits per heavy atom. The summed E-state index contributed by atoms with van der Waals surface area (Å²) in [6, 6.07) is 12.3. The largest absolute Gasteiger partial charge is 0.494 e. The molecule has 1 unspecified atom stereocenters. The molecular formula is C21H25ClO3. The highest BCUT2D eigenvalue weighted by Crippen LogP contribution is 2.22. The number of carbonyl (C=O) groups excluding carboxylic acids is 1. The van der Waals surface area contributed by atoms with Crippen molar-refractivity contribution in [2.45, 2.75) is 40.0 Å². The van der Waals surface area contributed by atoms with E-state index in [0.717, 1.165) is 23.7 Å². The smallest absolute Gasteiger partial charge is 0.345 e. The van der Waals surface area contributed by atoms with Crippen LogP contribution in [-0.4, -0.2) is 12.6 Å². The van der Waals surface area contributed by atoms with Gasteiger partial charge in [0, 0.05) is 0 Å². The van der Waals surface area contributed by atoms with Crippen molar-refractivity contribution in [3.05, 3.63) is 58.6 Å². The molecule has 0 saturated heterocycles. The Kier molecular flexibility index (Phi) is 7.32. The number of rotatable bonds is 8. The number of esters is 1. The van der Waals surface area contributed by atoms with Gasteiger partial charge in [-0.25, -0.2) is 4.79 Å². The maximum absolute atomic E-state index is 12.2. The van der Waals surface area contributed by atoms with Crippen LogP contribution in [0.5, 0.6) is 11.5 Å². The second-order valence-electron chi connectivity index (χ2n) is 6.35. The van der Waals surface area contributed by atoms with Gasteiger partial charge >= 0.3 is 5.97 Å². The second-order valence-corrected chi connectivity index (χ2v) is 6.76. The number of ether oxygens (including phenoxy) is 2. The van der Waals surface area contributed by atoms with Gasteiger partial charge in [0.05, 0.1) is 17.2 Å². The summed E-state index contributed by atoms with van der Waals surface area (Å²) in [7, 11) is 0. The summed E-state index contributed by atoms with van der Waals surface area (Å²) in [5, 5.41) is 0.395. The van der Waals surface area contributed by atoms with Crippen LogP contribution in [0.2, 0.25) is 5.02 Å². The second kappa shape index (κ2) is 9.47. The lowest BCUT2D eigenvalue weighted by Crippen LogP contribution is -2.09. The molecule has 0 aliphatic heterocycles. The van der Waals surface area contributed by atoms with Crippen LogP contribution in [0.3, 0.4) is 0 Å². The topological polar surface area (TPSA) is 35.5 Å². The summed E-state index contributed by atoms with van der Waals surface area (Å²) in [6.45, 7) is 7.07. The van der Waals surface area contributed by atoms with E-state index in [1.165, 1.54) is 12.8 Å². The average molecular weight is 361 g/mol. The fourth-order valence-electron chi connectivity index (χ4n) is 2.38. The first kappa shape index (κ1) is 19.3. The molecule has 0 aliphatic carbocycles. The van der Waals surface area contributed by atoms with E-state index >= 15 is 0 Å². The fourth-order valence-corrected chi connectivity index (χ4v) is 2.69. The first-order valence-corrected chi connectivity index (χ1v) is 9.08. The van der Waals surface area contributed by atoms with Crippen molar-refractivity contribution >= 4 is 17.6 Å². The maximum atomic E-state index is 12.2. The molecule has 2 aromatic rings. The van der Waals surface area contributed by atoms with Crippen LogP contribution in [-0.2, 0) is 0 Å². The normalized spacial score (nSPS) is 11.8. The number of hydrogen-bond acceptors (Lipinski definition) is 3. The molecular weight excluding hydrogens is 336 g/mol. The van der Waals surface area contributed by atoms with Crippen LogP contribution in [0.4, 0.5) is 0 Å². The van der Waals surface area contributed by atoms with Crippen LogP contribution in [0.15, 0.2) is 42.5 Å². The average Bonchev–Trinajstić information content (AvgIpc) is 2.59. The maximum Gasteiger partial charge on any atom is 0.345 e. The quantitative estimate of drug-likeness (QED) is 0.325. The zero-order chi connectivity index (χ0) is 18.2. The standard InChI is InChI=1S/C21H25ClO3/c1-4-15(2)6-5-13-24-17-8-10-18(11-9-17)25-21(23)19-12-7-16(3)14-20(19)22/h7-12,14-15H,4-6,13H2,1-3H3. The van der Waals surface area contributed by atoms with Crippen molar-refractivity contribution < 1.29 is 14.3 Å². The highest BCUT2D eigenvalue weighted by atomic mass is 35.5. The van der Waals surface area contributed by atoms with Gasteiger partial charge in [-0.2, -0.15) is 0 Å². The zero-order valence-electron chi connectivity index (χ0n) is 15.0. The number of carbonyl (C=O) groups is 1. The van der Waals surface area contributed by atoms with Crippen molar-refractivity contribution in [2.24, 2.45) is 5.92 Å². The van der Waals surface area contributed by atoms with Crippen molar-refractivity contribution in [1.29, 1.82) is 0 Å². The molecule has 3 nitrogen and oxygen atoms in total. The zero-order valence-corrected chi connectivity index (χ0v) is 15.8. The third-order valence-electron chi connectivity index (χ3n) is 4.19. The lowest BCUT2D eigenvalue weighted by molar-refractivity contribution is 0.0735. The van der Waals surface area contributed by atoms with Crippen LogP contribution in [0, 0.1) is 12.8 Å². The summed E-state index contributed by atoms with van der Waals surface area (Å²) in [4.78, 5) is 12.2. The van der Waals surface area contributed by atoms with E-state index in [-0.39, 0.29) is 0 Å². The van der Waals surface area contributed by atoms with Gasteiger partial charge in [-0.05, 0) is 67.6 Å². The Morgan fingerprint density at radius 3 is 2.44 bits per heavy atom. The molecule has 0 amide bonds. The monoisotopic (exact) mass is 360 g/mol. The van der Waals surface area contributed by atoms with E-state index in [1.54, 1.807) is 24.3 Å². The Morgan fingerprint density at radius 2 is 1.80 bits per heavy atom. The van der Waals surface area contributed by atoms with Crippen molar-refractivity contribution in [3.8, 4) is 11.5 Å². The molecule has 0 aromatic heterocycles. The third kappa shape index (κ3) is 6.09. The highest BCUT2D eigenvalue weighted by Gasteiger charge is 2.13. The summed E-state index contributed by atoms with van der Waals surface area (Å²) in [5.74, 6) is 1.51. The van der Waals surface area contributed by atoms with E-state index in [0.29, 0.717) is 22.9 Å². The van der Waals surface area contributed by atoms with E-state index in [9.17, 15) is 4.79 Å². The van der Waals surface area contributed by atoms with E-state index < -0.39 is 5.97 Å². The first-order chi connectivity index (χ1) is 12.0. The molecule has 0 spiro atoms. The molecule has 2 aromatic carbocycles. The van der Waals surface area contributed by atoms with Crippen LogP contribution >= 0.6 is 11.6 Å². The van der Waals surface area contributed by atoms with Gasteiger partial charge in [0.2, 0.25) is 0 Å². The van der Waals surface area contributed by atoms with E-state index in [1.807, 2.05) is 25.1 Å². The molecule has 25 heavy (non-hydrogen) atoms. The summed E-state index contributed by atoms with van der Waals surface area (Å²) < 4.78 is 11.1. The number of halogens is 1. The van der Waals surface area contributed by atoms with Crippen LogP contribution in [0.25, 0.3) is 0 Å². The molecule has 0 heterocycles. The summed E-state index contributed by atoms with van der Waals surface area (Å²) in [6.07, 6.45) is 3.41. The summed E-state index contributed by atoms with van der Waals surface area (Å²) in [5.41, 5.74) is 1.36. The predicted octanol–water partition coefficient (Wildman–Crippen LogP) is 6.07. The van der Waals surface area contributed by atoms with E-state index in [2.05, 4.69) is 13.8 Å². The number of hydrogen-bond donors (Lipinski definition) is 0.